The Morgan fingerprint density at radius 3 is 2.10 bits per heavy atom. The molecule has 0 aromatic heterocycles. The number of nitrogens with two attached hydrogens (primary N) is 1. The predicted octanol–water partition coefficient (Wildman–Crippen LogP) is -0.890. The standard InChI is InChI=1S/C19H28N4O6/c1-11(2)7-14(22-16(25)9-20)18(27)21-10-17(26)23-15(19(28)29)8-12-3-5-13(24)6-4-12/h3-6,11,14-15,24H,7-10,20H2,1-2H3,(H,21,27)(H,22,25)(H,23,26)(H,28,29). The van der Waals surface area contributed by atoms with E-state index in [1.807, 2.05) is 13.8 Å². The molecule has 1 aromatic rings. The second-order valence-electron chi connectivity index (χ2n) is 7.00. The first-order valence-corrected chi connectivity index (χ1v) is 9.19. The number of carbonyl (C=O) groups excluding carboxylic acids is 3. The minimum Gasteiger partial charge on any atom is -0.508 e. The number of carboxylic acid groups (broad SMARTS) is 1. The molecule has 0 fully saturated rings. The number of amides is 3. The quantitative estimate of drug-likeness (QED) is 0.276. The molecule has 3 amide bonds. The van der Waals surface area contributed by atoms with Crippen LogP contribution in [0.1, 0.15) is 25.8 Å². The SMILES string of the molecule is CC(C)CC(NC(=O)CN)C(=O)NCC(=O)NC(Cc1ccc(O)cc1)C(=O)O. The van der Waals surface area contributed by atoms with Crippen molar-refractivity contribution in [2.45, 2.75) is 38.8 Å². The van der Waals surface area contributed by atoms with Crippen LogP contribution >= 0.6 is 0 Å². The molecule has 29 heavy (non-hydrogen) atoms. The van der Waals surface area contributed by atoms with Crippen LogP contribution in [0.3, 0.4) is 0 Å². The first kappa shape index (κ1) is 23.9. The third kappa shape index (κ3) is 9.06. The molecular formula is C19H28N4O6. The Bertz CT molecular complexity index is 720. The Balaban J connectivity index is 2.62. The molecule has 0 saturated carbocycles. The molecule has 0 radical (unpaired) electrons. The Morgan fingerprint density at radius 2 is 1.59 bits per heavy atom. The highest BCUT2D eigenvalue weighted by Crippen LogP contribution is 2.11. The van der Waals surface area contributed by atoms with Crippen LogP contribution in [0.5, 0.6) is 5.75 Å². The normalized spacial score (nSPS) is 12.7. The van der Waals surface area contributed by atoms with E-state index in [9.17, 15) is 29.4 Å². The molecule has 10 nitrogen and oxygen atoms in total. The second-order valence-corrected chi connectivity index (χ2v) is 7.00. The number of rotatable bonds is 11. The average molecular weight is 408 g/mol. The predicted molar refractivity (Wildman–Crippen MR) is 105 cm³/mol. The summed E-state index contributed by atoms with van der Waals surface area (Å²) in [6.45, 7) is 3.05. The van der Waals surface area contributed by atoms with Gasteiger partial charge in [0.25, 0.3) is 0 Å². The van der Waals surface area contributed by atoms with E-state index >= 15 is 0 Å². The van der Waals surface area contributed by atoms with Crippen molar-refractivity contribution >= 4 is 23.7 Å². The molecule has 1 rings (SSSR count). The minimum atomic E-state index is -1.23. The van der Waals surface area contributed by atoms with Crippen LogP contribution in [0, 0.1) is 5.92 Å². The van der Waals surface area contributed by atoms with E-state index in [0.29, 0.717) is 12.0 Å². The van der Waals surface area contributed by atoms with Crippen LogP contribution < -0.4 is 21.7 Å². The monoisotopic (exact) mass is 408 g/mol. The molecule has 0 bridgehead atoms. The maximum absolute atomic E-state index is 12.3. The van der Waals surface area contributed by atoms with E-state index in [1.54, 1.807) is 12.1 Å². The van der Waals surface area contributed by atoms with Crippen molar-refractivity contribution in [3.63, 3.8) is 0 Å². The van der Waals surface area contributed by atoms with Gasteiger partial charge in [0.05, 0.1) is 13.1 Å². The van der Waals surface area contributed by atoms with Gasteiger partial charge in [0, 0.05) is 6.42 Å². The summed E-state index contributed by atoms with van der Waals surface area (Å²) >= 11 is 0. The highest BCUT2D eigenvalue weighted by atomic mass is 16.4. The first-order chi connectivity index (χ1) is 13.6. The lowest BCUT2D eigenvalue weighted by Crippen LogP contribution is -2.52. The van der Waals surface area contributed by atoms with Gasteiger partial charge in [-0.2, -0.15) is 0 Å². The molecule has 2 atom stereocenters. The Hall–Kier alpha value is -3.14. The van der Waals surface area contributed by atoms with Crippen molar-refractivity contribution in [3.05, 3.63) is 29.8 Å². The zero-order chi connectivity index (χ0) is 22.0. The summed E-state index contributed by atoms with van der Waals surface area (Å²) in [7, 11) is 0. The van der Waals surface area contributed by atoms with Gasteiger partial charge in [-0.3, -0.25) is 14.4 Å². The number of aliphatic carboxylic acids is 1. The molecule has 2 unspecified atom stereocenters. The number of nitrogens with one attached hydrogen (secondary N) is 3. The minimum absolute atomic E-state index is 0.0117. The topological polar surface area (TPSA) is 171 Å². The number of phenolic OH excluding ortho intramolecular Hbond substituents is 1. The molecule has 0 aliphatic rings. The Morgan fingerprint density at radius 1 is 1.00 bits per heavy atom. The molecule has 0 spiro atoms. The Labute approximate surface area is 168 Å². The summed E-state index contributed by atoms with van der Waals surface area (Å²) in [5.74, 6) is -2.80. The summed E-state index contributed by atoms with van der Waals surface area (Å²) in [4.78, 5) is 47.3. The number of phenols is 1. The Kier molecular flexibility index (Phi) is 9.60. The van der Waals surface area contributed by atoms with Crippen molar-refractivity contribution in [1.29, 1.82) is 0 Å². The van der Waals surface area contributed by atoms with E-state index in [4.69, 9.17) is 5.73 Å². The first-order valence-electron chi connectivity index (χ1n) is 9.19. The lowest BCUT2D eigenvalue weighted by atomic mass is 10.0. The van der Waals surface area contributed by atoms with E-state index in [1.165, 1.54) is 12.1 Å². The lowest BCUT2D eigenvalue weighted by molar-refractivity contribution is -0.141. The molecular weight excluding hydrogens is 380 g/mol. The number of hydrogen-bond donors (Lipinski definition) is 6. The number of carboxylic acids is 1. The summed E-state index contributed by atoms with van der Waals surface area (Å²) in [6, 6.07) is 3.89. The number of aromatic hydroxyl groups is 1. The highest BCUT2D eigenvalue weighted by molar-refractivity contribution is 5.91. The van der Waals surface area contributed by atoms with Gasteiger partial charge in [-0.1, -0.05) is 26.0 Å². The second kappa shape index (κ2) is 11.6. The van der Waals surface area contributed by atoms with Gasteiger partial charge < -0.3 is 31.9 Å². The fourth-order valence-corrected chi connectivity index (χ4v) is 2.56. The third-order valence-corrected chi connectivity index (χ3v) is 3.98. The van der Waals surface area contributed by atoms with Crippen LogP contribution in [0.2, 0.25) is 0 Å². The van der Waals surface area contributed by atoms with Crippen LogP contribution in [0.25, 0.3) is 0 Å². The van der Waals surface area contributed by atoms with Gasteiger partial charge >= 0.3 is 5.97 Å². The molecule has 0 aliphatic carbocycles. The molecule has 160 valence electrons. The summed E-state index contributed by atoms with van der Waals surface area (Å²) < 4.78 is 0. The fourth-order valence-electron chi connectivity index (χ4n) is 2.56. The van der Waals surface area contributed by atoms with Gasteiger partial charge in [0.15, 0.2) is 0 Å². The summed E-state index contributed by atoms with van der Waals surface area (Å²) in [5, 5.41) is 25.8. The largest absolute Gasteiger partial charge is 0.508 e. The smallest absolute Gasteiger partial charge is 0.326 e. The zero-order valence-corrected chi connectivity index (χ0v) is 16.5. The van der Waals surface area contributed by atoms with Crippen molar-refractivity contribution in [1.82, 2.24) is 16.0 Å². The van der Waals surface area contributed by atoms with Crippen LogP contribution in [0.4, 0.5) is 0 Å². The van der Waals surface area contributed by atoms with Crippen LogP contribution in [-0.4, -0.2) is 59.1 Å². The maximum atomic E-state index is 12.3. The molecule has 7 N–H and O–H groups in total. The lowest BCUT2D eigenvalue weighted by Gasteiger charge is -2.20. The molecule has 0 saturated heterocycles. The number of hydrogen-bond acceptors (Lipinski definition) is 6. The van der Waals surface area contributed by atoms with Gasteiger partial charge in [0.2, 0.25) is 17.7 Å². The van der Waals surface area contributed by atoms with Crippen LogP contribution in [0.15, 0.2) is 24.3 Å². The van der Waals surface area contributed by atoms with Crippen molar-refractivity contribution in [2.75, 3.05) is 13.1 Å². The van der Waals surface area contributed by atoms with Gasteiger partial charge in [-0.15, -0.1) is 0 Å². The van der Waals surface area contributed by atoms with Gasteiger partial charge in [0.1, 0.15) is 17.8 Å². The summed E-state index contributed by atoms with van der Waals surface area (Å²) in [5.41, 5.74) is 5.86. The zero-order valence-electron chi connectivity index (χ0n) is 16.5. The highest BCUT2D eigenvalue weighted by Gasteiger charge is 2.24. The van der Waals surface area contributed by atoms with E-state index in [0.717, 1.165) is 0 Å². The molecule has 10 heteroatoms. The maximum Gasteiger partial charge on any atom is 0.326 e. The van der Waals surface area contributed by atoms with Crippen molar-refractivity contribution in [3.8, 4) is 5.75 Å². The van der Waals surface area contributed by atoms with Crippen LogP contribution in [-0.2, 0) is 25.6 Å². The van der Waals surface area contributed by atoms with Gasteiger partial charge in [-0.05, 0) is 30.0 Å². The van der Waals surface area contributed by atoms with Crippen molar-refractivity contribution < 1.29 is 29.4 Å². The van der Waals surface area contributed by atoms with E-state index in [-0.39, 0.29) is 24.6 Å². The van der Waals surface area contributed by atoms with E-state index < -0.39 is 42.3 Å². The molecule has 0 aliphatic heterocycles. The average Bonchev–Trinajstić information content (AvgIpc) is 2.66. The van der Waals surface area contributed by atoms with Crippen molar-refractivity contribution in [2.24, 2.45) is 11.7 Å². The third-order valence-electron chi connectivity index (χ3n) is 3.98. The number of benzene rings is 1. The van der Waals surface area contributed by atoms with Gasteiger partial charge in [-0.25, -0.2) is 4.79 Å². The van der Waals surface area contributed by atoms with E-state index in [2.05, 4.69) is 16.0 Å². The molecule has 0 heterocycles. The fraction of sp³-hybridized carbons (Fsp3) is 0.474. The summed E-state index contributed by atoms with van der Waals surface area (Å²) in [6.07, 6.45) is 0.371. The number of carbonyl (C=O) groups is 4. The molecule has 1 aromatic carbocycles.